The van der Waals surface area contributed by atoms with Gasteiger partial charge in [0.1, 0.15) is 5.69 Å². The molecule has 2 aromatic rings. The minimum Gasteiger partial charge on any atom is -0.476 e. The summed E-state index contributed by atoms with van der Waals surface area (Å²) in [5.41, 5.74) is 0.863. The van der Waals surface area contributed by atoms with Crippen LogP contribution >= 0.6 is 11.6 Å². The van der Waals surface area contributed by atoms with Crippen molar-refractivity contribution >= 4 is 17.6 Å². The van der Waals surface area contributed by atoms with Crippen LogP contribution in [0.25, 0.3) is 11.3 Å². The number of benzene rings is 1. The van der Waals surface area contributed by atoms with E-state index in [0.29, 0.717) is 16.3 Å². The van der Waals surface area contributed by atoms with E-state index in [1.807, 2.05) is 0 Å². The summed E-state index contributed by atoms with van der Waals surface area (Å²) >= 11 is 5.72. The van der Waals surface area contributed by atoms with Gasteiger partial charge in [-0.2, -0.15) is 10.3 Å². The number of nitrogens with one attached hydrogen (secondary N) is 1. The Morgan fingerprint density at radius 2 is 1.93 bits per heavy atom. The van der Waals surface area contributed by atoms with E-state index >= 15 is 0 Å². The first-order chi connectivity index (χ1) is 7.18. The molecule has 1 aromatic carbocycles. The van der Waals surface area contributed by atoms with Crippen LogP contribution in [0.2, 0.25) is 5.02 Å². The molecular formula is C9H6ClN3O2. The zero-order valence-corrected chi connectivity index (χ0v) is 8.19. The van der Waals surface area contributed by atoms with Crippen molar-refractivity contribution in [1.29, 1.82) is 0 Å². The van der Waals surface area contributed by atoms with E-state index in [9.17, 15) is 4.79 Å². The number of nitrogens with zero attached hydrogens (tertiary/aromatic N) is 2. The molecule has 0 atom stereocenters. The average molecular weight is 224 g/mol. The molecule has 0 fully saturated rings. The molecule has 2 rings (SSSR count). The lowest BCUT2D eigenvalue weighted by molar-refractivity contribution is 0.0691. The van der Waals surface area contributed by atoms with Crippen molar-refractivity contribution in [3.05, 3.63) is 35.0 Å². The van der Waals surface area contributed by atoms with Gasteiger partial charge in [0, 0.05) is 10.6 Å². The number of aromatic amines is 1. The summed E-state index contributed by atoms with van der Waals surface area (Å²) in [5, 5.41) is 19.0. The fourth-order valence-corrected chi connectivity index (χ4v) is 1.32. The van der Waals surface area contributed by atoms with Gasteiger partial charge in [0.15, 0.2) is 5.69 Å². The van der Waals surface area contributed by atoms with Gasteiger partial charge in [-0.3, -0.25) is 0 Å². The molecule has 6 heteroatoms. The Hall–Kier alpha value is -1.88. The maximum Gasteiger partial charge on any atom is 0.358 e. The molecule has 0 bridgehead atoms. The van der Waals surface area contributed by atoms with Crippen LogP contribution in [-0.2, 0) is 0 Å². The highest BCUT2D eigenvalue weighted by Crippen LogP contribution is 2.21. The third kappa shape index (κ3) is 1.82. The minimum atomic E-state index is -1.12. The van der Waals surface area contributed by atoms with Crippen molar-refractivity contribution in [3.63, 3.8) is 0 Å². The van der Waals surface area contributed by atoms with Crippen LogP contribution in [-0.4, -0.2) is 26.5 Å². The molecule has 0 aliphatic rings. The molecule has 0 aliphatic heterocycles. The Labute approximate surface area is 89.7 Å². The van der Waals surface area contributed by atoms with Gasteiger partial charge in [0.2, 0.25) is 0 Å². The molecule has 0 spiro atoms. The number of aromatic carboxylic acids is 1. The standard InChI is InChI=1S/C9H6ClN3O2/c10-6-3-1-5(2-4-6)7-8(9(14)15)12-13-11-7/h1-4H,(H,14,15)(H,11,12,13). The van der Waals surface area contributed by atoms with Crippen LogP contribution in [0.1, 0.15) is 10.5 Å². The topological polar surface area (TPSA) is 78.9 Å². The molecular weight excluding hydrogens is 218 g/mol. The van der Waals surface area contributed by atoms with Gasteiger partial charge in [0.25, 0.3) is 0 Å². The lowest BCUT2D eigenvalue weighted by Crippen LogP contribution is -1.99. The lowest BCUT2D eigenvalue weighted by Gasteiger charge is -1.97. The van der Waals surface area contributed by atoms with Gasteiger partial charge >= 0.3 is 5.97 Å². The van der Waals surface area contributed by atoms with E-state index in [4.69, 9.17) is 16.7 Å². The second-order valence-corrected chi connectivity index (χ2v) is 3.27. The molecule has 5 nitrogen and oxygen atoms in total. The van der Waals surface area contributed by atoms with Crippen molar-refractivity contribution in [2.75, 3.05) is 0 Å². The van der Waals surface area contributed by atoms with Crippen molar-refractivity contribution < 1.29 is 9.90 Å². The third-order valence-corrected chi connectivity index (χ3v) is 2.12. The average Bonchev–Trinajstić information content (AvgIpc) is 2.67. The molecule has 0 aliphatic carbocycles. The smallest absolute Gasteiger partial charge is 0.358 e. The number of hydrogen-bond acceptors (Lipinski definition) is 3. The van der Waals surface area contributed by atoms with Crippen LogP contribution in [0.4, 0.5) is 0 Å². The van der Waals surface area contributed by atoms with Gasteiger partial charge in [-0.25, -0.2) is 4.79 Å². The van der Waals surface area contributed by atoms with Crippen molar-refractivity contribution in [3.8, 4) is 11.3 Å². The van der Waals surface area contributed by atoms with E-state index in [1.165, 1.54) is 0 Å². The Morgan fingerprint density at radius 3 is 2.53 bits per heavy atom. The molecule has 0 radical (unpaired) electrons. The molecule has 0 saturated heterocycles. The lowest BCUT2D eigenvalue weighted by atomic mass is 10.1. The second-order valence-electron chi connectivity index (χ2n) is 2.83. The van der Waals surface area contributed by atoms with E-state index in [0.717, 1.165) is 0 Å². The fourth-order valence-electron chi connectivity index (χ4n) is 1.19. The first-order valence-electron chi connectivity index (χ1n) is 4.08. The summed E-state index contributed by atoms with van der Waals surface area (Å²) in [7, 11) is 0. The van der Waals surface area contributed by atoms with E-state index < -0.39 is 5.97 Å². The van der Waals surface area contributed by atoms with Crippen LogP contribution in [0.3, 0.4) is 0 Å². The van der Waals surface area contributed by atoms with Crippen LogP contribution < -0.4 is 0 Å². The number of H-pyrrole nitrogens is 1. The Kier molecular flexibility index (Phi) is 2.39. The van der Waals surface area contributed by atoms with Crippen molar-refractivity contribution in [2.45, 2.75) is 0 Å². The Morgan fingerprint density at radius 1 is 1.27 bits per heavy atom. The molecule has 76 valence electrons. The molecule has 1 heterocycles. The molecule has 2 N–H and O–H groups in total. The number of hydrogen-bond donors (Lipinski definition) is 2. The number of carboxylic acid groups (broad SMARTS) is 1. The van der Waals surface area contributed by atoms with Crippen LogP contribution in [0, 0.1) is 0 Å². The zero-order chi connectivity index (χ0) is 10.8. The summed E-state index contributed by atoms with van der Waals surface area (Å²) < 4.78 is 0. The van der Waals surface area contributed by atoms with E-state index in [1.54, 1.807) is 24.3 Å². The van der Waals surface area contributed by atoms with Gasteiger partial charge in [-0.15, -0.1) is 5.10 Å². The molecule has 0 saturated carbocycles. The summed E-state index contributed by atoms with van der Waals surface area (Å²) in [5.74, 6) is -1.12. The van der Waals surface area contributed by atoms with Crippen LogP contribution in [0.5, 0.6) is 0 Å². The van der Waals surface area contributed by atoms with Crippen molar-refractivity contribution in [1.82, 2.24) is 15.4 Å². The zero-order valence-electron chi connectivity index (χ0n) is 7.44. The summed E-state index contributed by atoms with van der Waals surface area (Å²) in [4.78, 5) is 10.8. The highest BCUT2D eigenvalue weighted by atomic mass is 35.5. The summed E-state index contributed by atoms with van der Waals surface area (Å²) in [6.07, 6.45) is 0. The number of aromatic nitrogens is 3. The maximum atomic E-state index is 10.8. The highest BCUT2D eigenvalue weighted by molar-refractivity contribution is 6.30. The SMILES string of the molecule is O=C(O)c1n[nH]nc1-c1ccc(Cl)cc1. The predicted octanol–water partition coefficient (Wildman–Crippen LogP) is 1.82. The van der Waals surface area contributed by atoms with Gasteiger partial charge in [0.05, 0.1) is 0 Å². The van der Waals surface area contributed by atoms with Gasteiger partial charge in [-0.05, 0) is 12.1 Å². The number of rotatable bonds is 2. The maximum absolute atomic E-state index is 10.8. The first kappa shape index (κ1) is 9.67. The predicted molar refractivity (Wildman–Crippen MR) is 53.8 cm³/mol. The first-order valence-corrected chi connectivity index (χ1v) is 4.46. The Balaban J connectivity index is 2.49. The minimum absolute atomic E-state index is 0.0997. The molecule has 15 heavy (non-hydrogen) atoms. The molecule has 0 amide bonds. The summed E-state index contributed by atoms with van der Waals surface area (Å²) in [6, 6.07) is 6.70. The Bertz CT molecular complexity index is 492. The van der Waals surface area contributed by atoms with Gasteiger partial charge in [-0.1, -0.05) is 23.7 Å². The quantitative estimate of drug-likeness (QED) is 0.814. The molecule has 0 unspecified atom stereocenters. The monoisotopic (exact) mass is 223 g/mol. The molecule has 1 aromatic heterocycles. The third-order valence-electron chi connectivity index (χ3n) is 1.87. The normalized spacial score (nSPS) is 10.2. The highest BCUT2D eigenvalue weighted by Gasteiger charge is 2.16. The number of halogens is 1. The number of carboxylic acids is 1. The second kappa shape index (κ2) is 3.70. The van der Waals surface area contributed by atoms with E-state index in [2.05, 4.69) is 15.4 Å². The van der Waals surface area contributed by atoms with E-state index in [-0.39, 0.29) is 5.69 Å². The van der Waals surface area contributed by atoms with Crippen LogP contribution in [0.15, 0.2) is 24.3 Å². The van der Waals surface area contributed by atoms with Crippen molar-refractivity contribution in [2.24, 2.45) is 0 Å². The fraction of sp³-hybridized carbons (Fsp3) is 0. The summed E-state index contributed by atoms with van der Waals surface area (Å²) in [6.45, 7) is 0. The van der Waals surface area contributed by atoms with Gasteiger partial charge < -0.3 is 5.11 Å². The largest absolute Gasteiger partial charge is 0.476 e. The number of carbonyl (C=O) groups is 1.